The highest BCUT2D eigenvalue weighted by atomic mass is 35.5. The van der Waals surface area contributed by atoms with Crippen molar-refractivity contribution < 1.29 is 14.0 Å². The number of hydrogen-bond acceptors (Lipinski definition) is 4. The first kappa shape index (κ1) is 22.8. The average molecular weight is 421 g/mol. The Morgan fingerprint density at radius 1 is 1.38 bits per heavy atom. The van der Waals surface area contributed by atoms with Crippen molar-refractivity contribution in [2.45, 2.75) is 33.4 Å². The van der Waals surface area contributed by atoms with Gasteiger partial charge in [0.25, 0.3) is 0 Å². The largest absolute Gasteiger partial charge is 0.350 e. The van der Waals surface area contributed by atoms with Crippen LogP contribution >= 0.6 is 11.6 Å². The van der Waals surface area contributed by atoms with Gasteiger partial charge in [0.05, 0.1) is 18.8 Å². The minimum Gasteiger partial charge on any atom is -0.330 e. The number of aryl methyl sites for hydroxylation is 1. The number of imidazole rings is 1. The number of nitrogens with zero attached hydrogens (tertiary/aromatic N) is 3. The van der Waals surface area contributed by atoms with Crippen molar-refractivity contribution in [3.05, 3.63) is 64.7 Å². The Bertz CT molecular complexity index is 860. The number of aromatic nitrogens is 2. The summed E-state index contributed by atoms with van der Waals surface area (Å²) in [7, 11) is 0. The molecule has 3 rings (SSSR count). The van der Waals surface area contributed by atoms with Crippen molar-refractivity contribution in [2.75, 3.05) is 19.6 Å². The highest BCUT2D eigenvalue weighted by molar-refractivity contribution is 6.31. The molecule has 1 N–H and O–H groups in total. The van der Waals surface area contributed by atoms with Crippen LogP contribution in [0.4, 0.5) is 4.39 Å². The monoisotopic (exact) mass is 420 g/mol. The fraction of sp³-hybridized carbons (Fsp3) is 0.381. The molecule has 1 aliphatic heterocycles. The van der Waals surface area contributed by atoms with Gasteiger partial charge in [-0.2, -0.15) is 4.39 Å². The summed E-state index contributed by atoms with van der Waals surface area (Å²) < 4.78 is 14.5. The zero-order valence-electron chi connectivity index (χ0n) is 16.9. The molecule has 6 nitrogen and oxygen atoms in total. The van der Waals surface area contributed by atoms with E-state index in [-0.39, 0.29) is 24.2 Å². The third kappa shape index (κ3) is 6.24. The topological polar surface area (TPSA) is 67.2 Å². The number of carbonyl (C=O) groups is 2. The SMILES string of the molecule is CCNC/C=C/C(=O)N1Cc2ncc(C(=O)F)n2C(C)C1.Cc1ccccc1Cl. The summed E-state index contributed by atoms with van der Waals surface area (Å²) in [6.45, 7) is 8.00. The second-order valence-electron chi connectivity index (χ2n) is 6.73. The first-order valence-corrected chi connectivity index (χ1v) is 9.86. The van der Waals surface area contributed by atoms with Crippen LogP contribution < -0.4 is 5.32 Å². The van der Waals surface area contributed by atoms with E-state index in [1.165, 1.54) is 12.3 Å². The molecule has 29 heavy (non-hydrogen) atoms. The number of benzene rings is 1. The smallest absolute Gasteiger partial charge is 0.330 e. The molecule has 2 heterocycles. The average Bonchev–Trinajstić information content (AvgIpc) is 3.13. The van der Waals surface area contributed by atoms with Crippen LogP contribution in [-0.4, -0.2) is 46.0 Å². The summed E-state index contributed by atoms with van der Waals surface area (Å²) >= 11 is 5.71. The molecule has 0 fully saturated rings. The van der Waals surface area contributed by atoms with Gasteiger partial charge in [0.15, 0.2) is 0 Å². The summed E-state index contributed by atoms with van der Waals surface area (Å²) in [6.07, 6.45) is 4.52. The molecule has 0 aliphatic carbocycles. The molecule has 1 aromatic heterocycles. The van der Waals surface area contributed by atoms with Crippen molar-refractivity contribution in [3.8, 4) is 0 Å². The fourth-order valence-electron chi connectivity index (χ4n) is 3.00. The summed E-state index contributed by atoms with van der Waals surface area (Å²) in [5.41, 5.74) is 1.08. The maximum atomic E-state index is 12.9. The lowest BCUT2D eigenvalue weighted by Gasteiger charge is -2.32. The van der Waals surface area contributed by atoms with E-state index < -0.39 is 6.04 Å². The number of amides is 1. The Balaban J connectivity index is 0.000000313. The van der Waals surface area contributed by atoms with E-state index in [1.54, 1.807) is 15.5 Å². The van der Waals surface area contributed by atoms with Gasteiger partial charge in [-0.1, -0.05) is 42.8 Å². The van der Waals surface area contributed by atoms with Crippen molar-refractivity contribution in [1.82, 2.24) is 19.8 Å². The van der Waals surface area contributed by atoms with Gasteiger partial charge in [-0.15, -0.1) is 0 Å². The van der Waals surface area contributed by atoms with Crippen LogP contribution in [0.2, 0.25) is 5.02 Å². The molecule has 1 aromatic carbocycles. The number of nitrogens with one attached hydrogen (secondary N) is 1. The van der Waals surface area contributed by atoms with Gasteiger partial charge in [0, 0.05) is 24.2 Å². The van der Waals surface area contributed by atoms with E-state index in [2.05, 4.69) is 10.3 Å². The van der Waals surface area contributed by atoms with Gasteiger partial charge in [-0.05, 0) is 32.0 Å². The van der Waals surface area contributed by atoms with Crippen LogP contribution in [0.25, 0.3) is 0 Å². The number of carbonyl (C=O) groups excluding carboxylic acids is 2. The normalized spacial score (nSPS) is 15.6. The predicted molar refractivity (Wildman–Crippen MR) is 112 cm³/mol. The molecule has 8 heteroatoms. The van der Waals surface area contributed by atoms with Crippen LogP contribution in [-0.2, 0) is 11.3 Å². The van der Waals surface area contributed by atoms with Crippen LogP contribution in [0.5, 0.6) is 0 Å². The van der Waals surface area contributed by atoms with Crippen molar-refractivity contribution >= 4 is 23.5 Å². The standard InChI is InChI=1S/C14H19FN4O2.C7H7Cl/c1-3-16-6-4-5-13(20)18-8-10(2)19-11(14(15)21)7-17-12(19)9-18;1-6-4-2-3-5-7(6)8/h4-5,7,10,16H,3,6,8-9H2,1-2H3;2-5H,1H3/b5-4+;. The maximum absolute atomic E-state index is 12.9. The Kier molecular flexibility index (Phi) is 8.54. The number of likely N-dealkylation sites (N-methyl/N-ethyl adjacent to an activating group) is 1. The highest BCUT2D eigenvalue weighted by Gasteiger charge is 2.29. The van der Waals surface area contributed by atoms with Gasteiger partial charge < -0.3 is 14.8 Å². The molecule has 0 spiro atoms. The van der Waals surface area contributed by atoms with E-state index in [9.17, 15) is 14.0 Å². The molecule has 1 aliphatic rings. The lowest BCUT2D eigenvalue weighted by atomic mass is 10.2. The molecular weight excluding hydrogens is 395 g/mol. The van der Waals surface area contributed by atoms with Crippen molar-refractivity contribution in [2.24, 2.45) is 0 Å². The molecule has 156 valence electrons. The zero-order chi connectivity index (χ0) is 21.4. The molecular formula is C21H26ClFN4O2. The minimum absolute atomic E-state index is 0.0488. The van der Waals surface area contributed by atoms with Gasteiger partial charge in [0.1, 0.15) is 11.5 Å². The second kappa shape index (κ2) is 10.9. The number of rotatable bonds is 5. The highest BCUT2D eigenvalue weighted by Crippen LogP contribution is 2.23. The van der Waals surface area contributed by atoms with Crippen molar-refractivity contribution in [3.63, 3.8) is 0 Å². The Labute approximate surface area is 175 Å². The van der Waals surface area contributed by atoms with Gasteiger partial charge in [-0.25, -0.2) is 4.98 Å². The van der Waals surface area contributed by atoms with E-state index in [0.29, 0.717) is 18.9 Å². The summed E-state index contributed by atoms with van der Waals surface area (Å²) in [5.74, 6) is 0.422. The van der Waals surface area contributed by atoms with Crippen LogP contribution in [0.3, 0.4) is 0 Å². The maximum Gasteiger partial charge on any atom is 0.350 e. The molecule has 1 amide bonds. The number of halogens is 2. The van der Waals surface area contributed by atoms with Gasteiger partial charge in [-0.3, -0.25) is 9.59 Å². The molecule has 1 unspecified atom stereocenters. The Morgan fingerprint density at radius 3 is 2.69 bits per heavy atom. The van der Waals surface area contributed by atoms with Crippen LogP contribution in [0.1, 0.15) is 41.8 Å². The number of fused-ring (bicyclic) bond motifs is 1. The molecule has 0 radical (unpaired) electrons. The molecule has 0 saturated carbocycles. The summed E-state index contributed by atoms with van der Waals surface area (Å²) in [5, 5.41) is 3.93. The van der Waals surface area contributed by atoms with E-state index in [0.717, 1.165) is 17.1 Å². The third-order valence-corrected chi connectivity index (χ3v) is 4.92. The lowest BCUT2D eigenvalue weighted by molar-refractivity contribution is -0.128. The van der Waals surface area contributed by atoms with Gasteiger partial charge in [0.2, 0.25) is 5.91 Å². The quantitative estimate of drug-likeness (QED) is 0.455. The summed E-state index contributed by atoms with van der Waals surface area (Å²) in [4.78, 5) is 28.7. The minimum atomic E-state index is -1.49. The van der Waals surface area contributed by atoms with Gasteiger partial charge >= 0.3 is 6.04 Å². The third-order valence-electron chi connectivity index (χ3n) is 4.49. The molecule has 0 saturated heterocycles. The first-order chi connectivity index (χ1) is 13.8. The van der Waals surface area contributed by atoms with Crippen LogP contribution in [0, 0.1) is 6.92 Å². The molecule has 1 atom stereocenters. The second-order valence-corrected chi connectivity index (χ2v) is 7.14. The fourth-order valence-corrected chi connectivity index (χ4v) is 3.14. The van der Waals surface area contributed by atoms with Crippen molar-refractivity contribution in [1.29, 1.82) is 0 Å². The van der Waals surface area contributed by atoms with E-state index in [1.807, 2.05) is 45.0 Å². The molecule has 0 bridgehead atoms. The van der Waals surface area contributed by atoms with Crippen LogP contribution in [0.15, 0.2) is 42.6 Å². The summed E-state index contributed by atoms with van der Waals surface area (Å²) in [6, 6.07) is 6.10. The van der Waals surface area contributed by atoms with E-state index >= 15 is 0 Å². The Morgan fingerprint density at radius 2 is 2.10 bits per heavy atom. The van der Waals surface area contributed by atoms with E-state index in [4.69, 9.17) is 11.6 Å². The number of hydrogen-bond donors (Lipinski definition) is 1. The molecule has 2 aromatic rings. The predicted octanol–water partition coefficient (Wildman–Crippen LogP) is 3.71. The zero-order valence-corrected chi connectivity index (χ0v) is 17.6. The Hall–Kier alpha value is -2.51. The first-order valence-electron chi connectivity index (χ1n) is 9.48. The lowest BCUT2D eigenvalue weighted by Crippen LogP contribution is -2.40.